The van der Waals surface area contributed by atoms with Crippen molar-refractivity contribution in [1.29, 1.82) is 0 Å². The normalized spacial score (nSPS) is 11.4. The van der Waals surface area contributed by atoms with E-state index in [4.69, 9.17) is 4.74 Å². The molecule has 0 heterocycles. The van der Waals surface area contributed by atoms with Crippen molar-refractivity contribution < 1.29 is 17.9 Å². The van der Waals surface area contributed by atoms with Gasteiger partial charge in [-0.15, -0.1) is 0 Å². The highest BCUT2D eigenvalue weighted by Crippen LogP contribution is 2.26. The fraction of sp³-hybridized carbons (Fsp3) is 0.240. The Balaban J connectivity index is 1.89. The van der Waals surface area contributed by atoms with Crippen LogP contribution < -0.4 is 10.1 Å². The van der Waals surface area contributed by atoms with Gasteiger partial charge in [0.05, 0.1) is 11.5 Å². The zero-order valence-electron chi connectivity index (χ0n) is 18.8. The topological polar surface area (TPSA) is 75.7 Å². The van der Waals surface area contributed by atoms with Crippen LogP contribution >= 0.6 is 0 Å². The van der Waals surface area contributed by atoms with E-state index in [9.17, 15) is 13.2 Å². The number of nitrogens with one attached hydrogen (secondary N) is 1. The number of anilines is 1. The summed E-state index contributed by atoms with van der Waals surface area (Å²) in [5, 5.41) is 2.94. The SMILES string of the molecule is CCOc1ccc(C(=O)Nc2cccc(C)c2C)cc1CN(C)S(=O)(=O)c1ccccc1. The third kappa shape index (κ3) is 5.18. The zero-order valence-corrected chi connectivity index (χ0v) is 19.6. The van der Waals surface area contributed by atoms with Crippen LogP contribution in [0.15, 0.2) is 71.6 Å². The Labute approximate surface area is 189 Å². The van der Waals surface area contributed by atoms with Gasteiger partial charge in [-0.3, -0.25) is 4.79 Å². The molecule has 0 aromatic heterocycles. The van der Waals surface area contributed by atoms with Gasteiger partial charge < -0.3 is 10.1 Å². The van der Waals surface area contributed by atoms with E-state index >= 15 is 0 Å². The molecule has 3 rings (SSSR count). The third-order valence-corrected chi connectivity index (χ3v) is 7.14. The van der Waals surface area contributed by atoms with E-state index in [-0.39, 0.29) is 17.3 Å². The molecule has 168 valence electrons. The van der Waals surface area contributed by atoms with Crippen LogP contribution in [0.1, 0.15) is 34.0 Å². The average Bonchev–Trinajstić information content (AvgIpc) is 2.78. The van der Waals surface area contributed by atoms with Gasteiger partial charge in [0.1, 0.15) is 5.75 Å². The highest BCUT2D eigenvalue weighted by molar-refractivity contribution is 7.89. The van der Waals surface area contributed by atoms with E-state index in [0.717, 1.165) is 16.8 Å². The molecule has 0 aliphatic heterocycles. The predicted octanol–water partition coefficient (Wildman–Crippen LogP) is 4.78. The van der Waals surface area contributed by atoms with Crippen molar-refractivity contribution in [3.05, 3.63) is 89.0 Å². The van der Waals surface area contributed by atoms with Crippen LogP contribution in [0.5, 0.6) is 5.75 Å². The van der Waals surface area contributed by atoms with E-state index in [1.165, 1.54) is 11.4 Å². The number of carbonyl (C=O) groups is 1. The number of aryl methyl sites for hydroxylation is 1. The molecular weight excluding hydrogens is 424 g/mol. The Morgan fingerprint density at radius 1 is 1.00 bits per heavy atom. The summed E-state index contributed by atoms with van der Waals surface area (Å²) in [5.74, 6) is 0.280. The largest absolute Gasteiger partial charge is 0.494 e. The molecule has 6 nitrogen and oxygen atoms in total. The fourth-order valence-corrected chi connectivity index (χ4v) is 4.49. The number of carbonyl (C=O) groups excluding carboxylic acids is 1. The molecule has 0 spiro atoms. The summed E-state index contributed by atoms with van der Waals surface area (Å²) in [6.45, 7) is 6.30. The summed E-state index contributed by atoms with van der Waals surface area (Å²) < 4.78 is 32.8. The first-order chi connectivity index (χ1) is 15.2. The summed E-state index contributed by atoms with van der Waals surface area (Å²) in [6.07, 6.45) is 0. The van der Waals surface area contributed by atoms with Gasteiger partial charge in [0.2, 0.25) is 10.0 Å². The summed E-state index contributed by atoms with van der Waals surface area (Å²) in [5.41, 5.74) is 3.87. The predicted molar refractivity (Wildman–Crippen MR) is 127 cm³/mol. The lowest BCUT2D eigenvalue weighted by Crippen LogP contribution is -2.27. The number of amides is 1. The highest BCUT2D eigenvalue weighted by atomic mass is 32.2. The Morgan fingerprint density at radius 3 is 2.41 bits per heavy atom. The van der Waals surface area contributed by atoms with Crippen LogP contribution in [0.2, 0.25) is 0 Å². The fourth-order valence-electron chi connectivity index (χ4n) is 3.32. The van der Waals surface area contributed by atoms with Crippen LogP contribution in [-0.4, -0.2) is 32.3 Å². The molecule has 3 aromatic rings. The van der Waals surface area contributed by atoms with Gasteiger partial charge in [0.15, 0.2) is 0 Å². The van der Waals surface area contributed by atoms with Gasteiger partial charge in [-0.1, -0.05) is 30.3 Å². The van der Waals surface area contributed by atoms with Crippen molar-refractivity contribution in [2.24, 2.45) is 0 Å². The van der Waals surface area contributed by atoms with Crippen molar-refractivity contribution in [3.63, 3.8) is 0 Å². The van der Waals surface area contributed by atoms with Crippen molar-refractivity contribution >= 4 is 21.6 Å². The second kappa shape index (κ2) is 9.97. The zero-order chi connectivity index (χ0) is 23.3. The first-order valence-corrected chi connectivity index (χ1v) is 11.8. The Bertz CT molecular complexity index is 1210. The molecule has 1 amide bonds. The van der Waals surface area contributed by atoms with Gasteiger partial charge in [0, 0.05) is 30.4 Å². The Hall–Kier alpha value is -3.16. The summed E-state index contributed by atoms with van der Waals surface area (Å²) in [7, 11) is -2.17. The van der Waals surface area contributed by atoms with Crippen LogP contribution in [0, 0.1) is 13.8 Å². The second-order valence-electron chi connectivity index (χ2n) is 7.53. The number of sulfonamides is 1. The number of hydrogen-bond donors (Lipinski definition) is 1. The molecule has 0 bridgehead atoms. The van der Waals surface area contributed by atoms with E-state index in [2.05, 4.69) is 5.32 Å². The van der Waals surface area contributed by atoms with E-state index in [0.29, 0.717) is 23.5 Å². The van der Waals surface area contributed by atoms with Crippen molar-refractivity contribution in [2.75, 3.05) is 19.0 Å². The lowest BCUT2D eigenvalue weighted by molar-refractivity contribution is 0.102. The number of rotatable bonds is 8. The Morgan fingerprint density at radius 2 is 1.72 bits per heavy atom. The number of hydrogen-bond acceptors (Lipinski definition) is 4. The van der Waals surface area contributed by atoms with Crippen molar-refractivity contribution in [2.45, 2.75) is 32.2 Å². The van der Waals surface area contributed by atoms with Gasteiger partial charge in [-0.2, -0.15) is 4.31 Å². The average molecular weight is 453 g/mol. The first-order valence-electron chi connectivity index (χ1n) is 10.4. The lowest BCUT2D eigenvalue weighted by atomic mass is 10.1. The van der Waals surface area contributed by atoms with Gasteiger partial charge >= 0.3 is 0 Å². The quantitative estimate of drug-likeness (QED) is 0.534. The van der Waals surface area contributed by atoms with Crippen LogP contribution in [0.4, 0.5) is 5.69 Å². The molecule has 0 aliphatic carbocycles. The lowest BCUT2D eigenvalue weighted by Gasteiger charge is -2.20. The molecule has 0 saturated carbocycles. The molecule has 0 unspecified atom stereocenters. The number of benzene rings is 3. The maximum Gasteiger partial charge on any atom is 0.255 e. The number of nitrogens with zero attached hydrogens (tertiary/aromatic N) is 1. The monoisotopic (exact) mass is 452 g/mol. The maximum atomic E-state index is 12.9. The first kappa shape index (κ1) is 23.5. The van der Waals surface area contributed by atoms with Gasteiger partial charge in [-0.05, 0) is 68.3 Å². The van der Waals surface area contributed by atoms with E-state index < -0.39 is 10.0 Å². The molecule has 3 aromatic carbocycles. The standard InChI is InChI=1S/C25H28N2O4S/c1-5-31-24-15-14-20(25(28)26-23-13-9-10-18(2)19(23)3)16-21(24)17-27(4)32(29,30)22-11-7-6-8-12-22/h6-16H,5,17H2,1-4H3,(H,26,28). The van der Waals surface area contributed by atoms with Crippen molar-refractivity contribution in [1.82, 2.24) is 4.31 Å². The molecule has 0 aliphatic rings. The molecular formula is C25H28N2O4S. The van der Waals surface area contributed by atoms with Crippen LogP contribution in [0.3, 0.4) is 0 Å². The van der Waals surface area contributed by atoms with Crippen LogP contribution in [0.25, 0.3) is 0 Å². The second-order valence-corrected chi connectivity index (χ2v) is 9.58. The number of ether oxygens (including phenoxy) is 1. The minimum atomic E-state index is -3.68. The van der Waals surface area contributed by atoms with Gasteiger partial charge in [-0.25, -0.2) is 8.42 Å². The van der Waals surface area contributed by atoms with E-state index in [1.807, 2.05) is 39.0 Å². The summed E-state index contributed by atoms with van der Waals surface area (Å²) >= 11 is 0. The molecule has 0 fully saturated rings. The minimum Gasteiger partial charge on any atom is -0.494 e. The summed E-state index contributed by atoms with van der Waals surface area (Å²) in [4.78, 5) is 13.1. The Kier molecular flexibility index (Phi) is 7.33. The molecule has 32 heavy (non-hydrogen) atoms. The minimum absolute atomic E-state index is 0.0666. The molecule has 1 N–H and O–H groups in total. The smallest absolute Gasteiger partial charge is 0.255 e. The summed E-state index contributed by atoms with van der Waals surface area (Å²) in [6, 6.07) is 19.1. The highest BCUT2D eigenvalue weighted by Gasteiger charge is 2.22. The molecule has 0 radical (unpaired) electrons. The van der Waals surface area contributed by atoms with E-state index in [1.54, 1.807) is 48.5 Å². The van der Waals surface area contributed by atoms with Crippen LogP contribution in [-0.2, 0) is 16.6 Å². The molecule has 0 atom stereocenters. The molecule has 0 saturated heterocycles. The maximum absolute atomic E-state index is 12.9. The van der Waals surface area contributed by atoms with Gasteiger partial charge in [0.25, 0.3) is 5.91 Å². The molecule has 7 heteroatoms. The third-order valence-electron chi connectivity index (χ3n) is 5.32. The van der Waals surface area contributed by atoms with Crippen molar-refractivity contribution in [3.8, 4) is 5.75 Å².